The van der Waals surface area contributed by atoms with Crippen LogP contribution in [0.4, 0.5) is 0 Å². The van der Waals surface area contributed by atoms with Crippen LogP contribution in [0.2, 0.25) is 0 Å². The van der Waals surface area contributed by atoms with E-state index in [1.54, 1.807) is 11.3 Å². The summed E-state index contributed by atoms with van der Waals surface area (Å²) < 4.78 is 1.37. The molecule has 2 aromatic rings. The molecule has 1 aromatic carbocycles. The summed E-state index contributed by atoms with van der Waals surface area (Å²) in [4.78, 5) is 9.60. The van der Waals surface area contributed by atoms with E-state index in [1.807, 2.05) is 0 Å². The van der Waals surface area contributed by atoms with Gasteiger partial charge in [-0.25, -0.2) is 4.79 Å². The van der Waals surface area contributed by atoms with Crippen LogP contribution in [0.25, 0.3) is 10.1 Å². The highest BCUT2D eigenvalue weighted by molar-refractivity contribution is 7.17. The van der Waals surface area contributed by atoms with Crippen molar-refractivity contribution in [3.63, 3.8) is 0 Å². The Hall–Kier alpha value is -1.61. The fourth-order valence-corrected chi connectivity index (χ4v) is 1.70. The monoisotopic (exact) mass is 220 g/mol. The molecule has 0 saturated heterocycles. The zero-order valence-electron chi connectivity index (χ0n) is 8.43. The molecule has 0 spiro atoms. The molecule has 0 saturated carbocycles. The van der Waals surface area contributed by atoms with Crippen LogP contribution in [0.3, 0.4) is 0 Å². The molecule has 0 amide bonds. The molecule has 0 radical (unpaired) electrons. The summed E-state index contributed by atoms with van der Waals surface area (Å²) >= 11 is 1.79. The van der Waals surface area contributed by atoms with E-state index in [0.29, 0.717) is 0 Å². The van der Waals surface area contributed by atoms with Gasteiger partial charge in [0, 0.05) is 10.3 Å². The maximum Gasteiger partial charge on any atom is 0.330 e. The molecule has 15 heavy (non-hydrogen) atoms. The van der Waals surface area contributed by atoms with Crippen LogP contribution < -0.4 is 0 Å². The van der Waals surface area contributed by atoms with Gasteiger partial charge in [-0.2, -0.15) is 0 Å². The molecule has 0 aliphatic heterocycles. The molecular weight excluding hydrogens is 208 g/mol. The van der Waals surface area contributed by atoms with E-state index >= 15 is 0 Å². The van der Waals surface area contributed by atoms with Crippen molar-refractivity contribution in [2.45, 2.75) is 6.92 Å². The summed E-state index contributed by atoms with van der Waals surface area (Å²) in [7, 11) is 0. The molecule has 1 N–H and O–H groups in total. The summed E-state index contributed by atoms with van der Waals surface area (Å²) in [5.74, 6) is -0.935. The van der Waals surface area contributed by atoms with Gasteiger partial charge in [0.05, 0.1) is 0 Å². The van der Waals surface area contributed by atoms with Gasteiger partial charge >= 0.3 is 5.97 Å². The van der Waals surface area contributed by atoms with Crippen molar-refractivity contribution in [1.29, 1.82) is 0 Å². The molecule has 0 unspecified atom stereocenters. The Balaban J connectivity index is 0.000000167. The van der Waals surface area contributed by atoms with E-state index in [1.165, 1.54) is 17.0 Å². The number of thiophene rings is 1. The van der Waals surface area contributed by atoms with Gasteiger partial charge in [0.25, 0.3) is 0 Å². The Kier molecular flexibility index (Phi) is 4.06. The second-order valence-electron chi connectivity index (χ2n) is 3.04. The summed E-state index contributed by atoms with van der Waals surface area (Å²) in [5.41, 5.74) is 0.176. The van der Waals surface area contributed by atoms with Gasteiger partial charge in [-0.05, 0) is 29.8 Å². The smallest absolute Gasteiger partial charge is 0.330 e. The number of carboxylic acids is 1. The van der Waals surface area contributed by atoms with Crippen molar-refractivity contribution in [1.82, 2.24) is 0 Å². The summed E-state index contributed by atoms with van der Waals surface area (Å²) in [6.45, 7) is 4.60. The molecule has 2 rings (SSSR count). The topological polar surface area (TPSA) is 37.3 Å². The number of carboxylic acid groups (broad SMARTS) is 1. The molecule has 1 aromatic heterocycles. The number of benzene rings is 1. The van der Waals surface area contributed by atoms with E-state index in [4.69, 9.17) is 5.11 Å². The predicted molar refractivity (Wildman–Crippen MR) is 64.3 cm³/mol. The van der Waals surface area contributed by atoms with Gasteiger partial charge in [0.2, 0.25) is 0 Å². The average molecular weight is 220 g/mol. The standard InChI is InChI=1S/C8H6S.C4H6O2/c1-2-4-8-7(3-1)5-6-9-8;1-3(2)4(5)6/h1-6H;1H2,2H3,(H,5,6). The Morgan fingerprint density at radius 3 is 2.47 bits per heavy atom. The number of hydrogen-bond donors (Lipinski definition) is 1. The summed E-state index contributed by atoms with van der Waals surface area (Å²) in [5, 5.41) is 11.4. The molecule has 0 atom stereocenters. The lowest BCUT2D eigenvalue weighted by Crippen LogP contribution is -1.92. The highest BCUT2D eigenvalue weighted by Crippen LogP contribution is 2.18. The lowest BCUT2D eigenvalue weighted by Gasteiger charge is -1.82. The number of aliphatic carboxylic acids is 1. The number of rotatable bonds is 1. The van der Waals surface area contributed by atoms with Gasteiger partial charge < -0.3 is 5.11 Å². The third kappa shape index (κ3) is 3.56. The molecular formula is C12H12O2S. The van der Waals surface area contributed by atoms with Crippen LogP contribution in [-0.2, 0) is 4.79 Å². The van der Waals surface area contributed by atoms with Crippen LogP contribution in [-0.4, -0.2) is 11.1 Å². The minimum absolute atomic E-state index is 0.176. The SMILES string of the molecule is C=C(C)C(=O)O.c1ccc2sccc2c1. The zero-order chi connectivity index (χ0) is 11.3. The second kappa shape index (κ2) is 5.32. The summed E-state index contributed by atoms with van der Waals surface area (Å²) in [6.07, 6.45) is 0. The molecule has 0 fully saturated rings. The van der Waals surface area contributed by atoms with Gasteiger partial charge in [0.1, 0.15) is 0 Å². The normalized spacial score (nSPS) is 9.13. The van der Waals surface area contributed by atoms with Crippen molar-refractivity contribution in [3.05, 3.63) is 47.9 Å². The quantitative estimate of drug-likeness (QED) is 0.746. The van der Waals surface area contributed by atoms with Crippen LogP contribution in [0.5, 0.6) is 0 Å². The molecule has 3 heteroatoms. The predicted octanol–water partition coefficient (Wildman–Crippen LogP) is 3.55. The fourth-order valence-electron chi connectivity index (χ4n) is 0.906. The minimum Gasteiger partial charge on any atom is -0.478 e. The van der Waals surface area contributed by atoms with Gasteiger partial charge in [-0.1, -0.05) is 24.8 Å². The molecule has 78 valence electrons. The third-order valence-electron chi connectivity index (χ3n) is 1.73. The highest BCUT2D eigenvalue weighted by atomic mass is 32.1. The van der Waals surface area contributed by atoms with Crippen molar-refractivity contribution in [3.8, 4) is 0 Å². The van der Waals surface area contributed by atoms with E-state index in [-0.39, 0.29) is 5.57 Å². The van der Waals surface area contributed by atoms with Crippen molar-refractivity contribution in [2.75, 3.05) is 0 Å². The van der Waals surface area contributed by atoms with E-state index in [9.17, 15) is 4.79 Å². The molecule has 2 nitrogen and oxygen atoms in total. The number of hydrogen-bond acceptors (Lipinski definition) is 2. The second-order valence-corrected chi connectivity index (χ2v) is 3.99. The van der Waals surface area contributed by atoms with Crippen molar-refractivity contribution >= 4 is 27.4 Å². The molecule has 0 bridgehead atoms. The zero-order valence-corrected chi connectivity index (χ0v) is 9.25. The Labute approximate surface area is 92.5 Å². The molecule has 0 aliphatic rings. The first-order valence-corrected chi connectivity index (χ1v) is 5.30. The first-order chi connectivity index (χ1) is 7.11. The Morgan fingerprint density at radius 1 is 1.33 bits per heavy atom. The largest absolute Gasteiger partial charge is 0.478 e. The fraction of sp³-hybridized carbons (Fsp3) is 0.0833. The van der Waals surface area contributed by atoms with E-state index in [0.717, 1.165) is 0 Å². The average Bonchev–Trinajstić information content (AvgIpc) is 2.66. The van der Waals surface area contributed by atoms with Crippen LogP contribution >= 0.6 is 11.3 Å². The molecule has 0 aliphatic carbocycles. The van der Waals surface area contributed by atoms with Crippen LogP contribution in [0.15, 0.2) is 47.9 Å². The van der Waals surface area contributed by atoms with Gasteiger partial charge in [0.15, 0.2) is 0 Å². The maximum atomic E-state index is 9.60. The lowest BCUT2D eigenvalue weighted by atomic mass is 10.3. The van der Waals surface area contributed by atoms with E-state index < -0.39 is 5.97 Å². The minimum atomic E-state index is -0.935. The Morgan fingerprint density at radius 2 is 1.93 bits per heavy atom. The number of carbonyl (C=O) groups is 1. The van der Waals surface area contributed by atoms with Crippen LogP contribution in [0, 0.1) is 0 Å². The lowest BCUT2D eigenvalue weighted by molar-refractivity contribution is -0.132. The van der Waals surface area contributed by atoms with Gasteiger partial charge in [-0.15, -0.1) is 11.3 Å². The first kappa shape index (κ1) is 11.5. The maximum absolute atomic E-state index is 9.60. The van der Waals surface area contributed by atoms with Crippen molar-refractivity contribution in [2.24, 2.45) is 0 Å². The first-order valence-electron chi connectivity index (χ1n) is 4.42. The Bertz CT molecular complexity index is 429. The third-order valence-corrected chi connectivity index (χ3v) is 2.62. The van der Waals surface area contributed by atoms with Crippen molar-refractivity contribution < 1.29 is 9.90 Å². The number of fused-ring (bicyclic) bond motifs is 1. The molecule has 1 heterocycles. The van der Waals surface area contributed by atoms with E-state index in [2.05, 4.69) is 42.3 Å². The van der Waals surface area contributed by atoms with Crippen LogP contribution in [0.1, 0.15) is 6.92 Å². The highest BCUT2D eigenvalue weighted by Gasteiger charge is 1.90. The van der Waals surface area contributed by atoms with Gasteiger partial charge in [-0.3, -0.25) is 0 Å². The summed E-state index contributed by atoms with van der Waals surface area (Å²) in [6, 6.07) is 10.5.